The van der Waals surface area contributed by atoms with Crippen LogP contribution in [0.25, 0.3) is 10.8 Å². The van der Waals surface area contributed by atoms with Crippen molar-refractivity contribution >= 4 is 16.7 Å². The molecule has 2 heteroatoms. The predicted octanol–water partition coefficient (Wildman–Crippen LogP) is 10.6. The number of ether oxygens (including phenoxy) is 1. The maximum absolute atomic E-state index is 12.2. The van der Waals surface area contributed by atoms with E-state index < -0.39 is 0 Å². The van der Waals surface area contributed by atoms with Gasteiger partial charge in [0.2, 0.25) is 0 Å². The lowest BCUT2D eigenvalue weighted by Crippen LogP contribution is -2.07. The van der Waals surface area contributed by atoms with Crippen LogP contribution in [0.3, 0.4) is 0 Å². The van der Waals surface area contributed by atoms with Gasteiger partial charge in [-0.15, -0.1) is 0 Å². The third-order valence-electron chi connectivity index (χ3n) is 6.96. The minimum Gasteiger partial charge on any atom is -0.426 e. The third-order valence-corrected chi connectivity index (χ3v) is 6.96. The molecule has 34 heavy (non-hydrogen) atoms. The molecule has 0 saturated heterocycles. The lowest BCUT2D eigenvalue weighted by molar-refractivity contribution is -0.134. The molecular weight excluding hydrogens is 416 g/mol. The maximum atomic E-state index is 12.2. The standard InChI is InChI=1S/C32H50O2/c1-2-3-4-5-6-7-8-9-10-11-12-13-14-15-16-17-18-19-20-28-32(33)34-31-27-23-25-29-24-21-22-26-30(29)31/h21-27H,2-20,28H2,1H3. The Morgan fingerprint density at radius 3 is 1.53 bits per heavy atom. The van der Waals surface area contributed by atoms with E-state index in [1.54, 1.807) is 0 Å². The summed E-state index contributed by atoms with van der Waals surface area (Å²) in [6.45, 7) is 2.29. The van der Waals surface area contributed by atoms with Crippen LogP contribution >= 0.6 is 0 Å². The molecule has 0 heterocycles. The SMILES string of the molecule is CCCCCCCCCCCCCCCCCCCCCC(=O)Oc1cccc2ccccc12. The van der Waals surface area contributed by atoms with Crippen LogP contribution in [0.5, 0.6) is 5.75 Å². The molecule has 0 atom stereocenters. The van der Waals surface area contributed by atoms with Crippen LogP contribution < -0.4 is 4.74 Å². The summed E-state index contributed by atoms with van der Waals surface area (Å²) in [6, 6.07) is 13.9. The average Bonchev–Trinajstić information content (AvgIpc) is 2.85. The van der Waals surface area contributed by atoms with Crippen LogP contribution in [-0.4, -0.2) is 5.97 Å². The van der Waals surface area contributed by atoms with Gasteiger partial charge in [-0.3, -0.25) is 4.79 Å². The number of unbranched alkanes of at least 4 members (excludes halogenated alkanes) is 18. The van der Waals surface area contributed by atoms with E-state index in [2.05, 4.69) is 6.92 Å². The van der Waals surface area contributed by atoms with Crippen molar-refractivity contribution in [2.24, 2.45) is 0 Å². The summed E-state index contributed by atoms with van der Waals surface area (Å²) in [5.74, 6) is 0.573. The lowest BCUT2D eigenvalue weighted by atomic mass is 10.0. The number of carbonyl (C=O) groups is 1. The molecule has 190 valence electrons. The van der Waals surface area contributed by atoms with Crippen molar-refractivity contribution in [2.45, 2.75) is 135 Å². The Kier molecular flexibility index (Phi) is 16.3. The number of benzene rings is 2. The first kappa shape index (κ1) is 28.4. The number of fused-ring (bicyclic) bond motifs is 1. The monoisotopic (exact) mass is 466 g/mol. The zero-order valence-electron chi connectivity index (χ0n) is 22.0. The van der Waals surface area contributed by atoms with Gasteiger partial charge >= 0.3 is 5.97 Å². The summed E-state index contributed by atoms with van der Waals surface area (Å²) < 4.78 is 5.63. The molecule has 0 radical (unpaired) electrons. The second-order valence-corrected chi connectivity index (χ2v) is 10.1. The predicted molar refractivity (Wildman–Crippen MR) is 148 cm³/mol. The molecule has 2 aromatic rings. The Balaban J connectivity index is 1.33. The number of hydrogen-bond donors (Lipinski definition) is 0. The molecule has 0 bridgehead atoms. The van der Waals surface area contributed by atoms with Crippen molar-refractivity contribution in [3.63, 3.8) is 0 Å². The van der Waals surface area contributed by atoms with Gasteiger partial charge in [0.15, 0.2) is 0 Å². The first-order chi connectivity index (χ1) is 16.8. The number of carbonyl (C=O) groups excluding carboxylic acids is 1. The van der Waals surface area contributed by atoms with E-state index in [9.17, 15) is 4.79 Å². The summed E-state index contributed by atoms with van der Waals surface area (Å²) in [5.41, 5.74) is 0. The molecule has 0 unspecified atom stereocenters. The van der Waals surface area contributed by atoms with Crippen LogP contribution in [0.2, 0.25) is 0 Å². The van der Waals surface area contributed by atoms with E-state index in [0.717, 1.165) is 23.6 Å². The highest BCUT2D eigenvalue weighted by Gasteiger charge is 2.07. The summed E-state index contributed by atoms with van der Waals surface area (Å²) in [4.78, 5) is 12.2. The molecule has 2 aromatic carbocycles. The lowest BCUT2D eigenvalue weighted by Gasteiger charge is -2.07. The Bertz CT molecular complexity index is 761. The Morgan fingerprint density at radius 1 is 0.559 bits per heavy atom. The van der Waals surface area contributed by atoms with E-state index in [1.165, 1.54) is 109 Å². The van der Waals surface area contributed by atoms with Gasteiger partial charge < -0.3 is 4.74 Å². The van der Waals surface area contributed by atoms with Crippen LogP contribution in [0.15, 0.2) is 42.5 Å². The van der Waals surface area contributed by atoms with Crippen molar-refractivity contribution in [1.82, 2.24) is 0 Å². The number of esters is 1. The zero-order chi connectivity index (χ0) is 24.1. The van der Waals surface area contributed by atoms with Crippen molar-refractivity contribution in [2.75, 3.05) is 0 Å². The van der Waals surface area contributed by atoms with Crippen molar-refractivity contribution in [3.8, 4) is 5.75 Å². The Labute approximate surface area is 209 Å². The van der Waals surface area contributed by atoms with Crippen molar-refractivity contribution in [1.29, 1.82) is 0 Å². The van der Waals surface area contributed by atoms with E-state index >= 15 is 0 Å². The van der Waals surface area contributed by atoms with Gasteiger partial charge in [-0.2, -0.15) is 0 Å². The highest BCUT2D eigenvalue weighted by molar-refractivity contribution is 5.90. The normalized spacial score (nSPS) is 11.2. The first-order valence-electron chi connectivity index (χ1n) is 14.5. The molecule has 0 aliphatic rings. The Morgan fingerprint density at radius 2 is 1.00 bits per heavy atom. The Hall–Kier alpha value is -1.83. The van der Waals surface area contributed by atoms with Gasteiger partial charge in [-0.1, -0.05) is 159 Å². The third kappa shape index (κ3) is 13.2. The number of hydrogen-bond acceptors (Lipinski definition) is 2. The van der Waals surface area contributed by atoms with Crippen molar-refractivity contribution < 1.29 is 9.53 Å². The number of rotatable bonds is 21. The second kappa shape index (κ2) is 19.5. The largest absolute Gasteiger partial charge is 0.426 e. The van der Waals surface area contributed by atoms with Gasteiger partial charge in [0.25, 0.3) is 0 Å². The van der Waals surface area contributed by atoms with Crippen LogP contribution in [0, 0.1) is 0 Å². The molecule has 0 spiro atoms. The summed E-state index contributed by atoms with van der Waals surface area (Å²) in [6.07, 6.45) is 26.4. The van der Waals surface area contributed by atoms with E-state index in [4.69, 9.17) is 4.74 Å². The quantitative estimate of drug-likeness (QED) is 0.104. The summed E-state index contributed by atoms with van der Waals surface area (Å²) in [7, 11) is 0. The fourth-order valence-corrected chi connectivity index (χ4v) is 4.81. The molecule has 2 nitrogen and oxygen atoms in total. The summed E-state index contributed by atoms with van der Waals surface area (Å²) in [5, 5.41) is 2.11. The van der Waals surface area contributed by atoms with Crippen LogP contribution in [-0.2, 0) is 4.79 Å². The molecule has 0 saturated carbocycles. The molecule has 0 fully saturated rings. The van der Waals surface area contributed by atoms with E-state index in [-0.39, 0.29) is 5.97 Å². The van der Waals surface area contributed by atoms with Gasteiger partial charge in [0.05, 0.1) is 0 Å². The molecule has 0 N–H and O–H groups in total. The smallest absolute Gasteiger partial charge is 0.311 e. The van der Waals surface area contributed by atoms with Gasteiger partial charge in [-0.25, -0.2) is 0 Å². The highest BCUT2D eigenvalue weighted by atomic mass is 16.5. The first-order valence-corrected chi connectivity index (χ1v) is 14.5. The van der Waals surface area contributed by atoms with Crippen LogP contribution in [0.4, 0.5) is 0 Å². The van der Waals surface area contributed by atoms with E-state index in [0.29, 0.717) is 12.2 Å². The molecular formula is C32H50O2. The fourth-order valence-electron chi connectivity index (χ4n) is 4.81. The average molecular weight is 467 g/mol. The second-order valence-electron chi connectivity index (χ2n) is 10.1. The molecule has 2 rings (SSSR count). The molecule has 0 aliphatic carbocycles. The minimum absolute atomic E-state index is 0.108. The highest BCUT2D eigenvalue weighted by Crippen LogP contribution is 2.25. The van der Waals surface area contributed by atoms with Crippen molar-refractivity contribution in [3.05, 3.63) is 42.5 Å². The fraction of sp³-hybridized carbons (Fsp3) is 0.656. The molecule has 0 aliphatic heterocycles. The van der Waals surface area contributed by atoms with Crippen LogP contribution in [0.1, 0.15) is 135 Å². The van der Waals surface area contributed by atoms with Gasteiger partial charge in [0, 0.05) is 11.8 Å². The zero-order valence-corrected chi connectivity index (χ0v) is 22.0. The molecule has 0 aromatic heterocycles. The van der Waals surface area contributed by atoms with E-state index in [1.807, 2.05) is 42.5 Å². The van der Waals surface area contributed by atoms with Gasteiger partial charge in [0.1, 0.15) is 5.75 Å². The topological polar surface area (TPSA) is 26.3 Å². The van der Waals surface area contributed by atoms with Gasteiger partial charge in [-0.05, 0) is 17.9 Å². The summed E-state index contributed by atoms with van der Waals surface area (Å²) >= 11 is 0. The minimum atomic E-state index is -0.108. The molecule has 0 amide bonds. The maximum Gasteiger partial charge on any atom is 0.311 e.